The summed E-state index contributed by atoms with van der Waals surface area (Å²) in [7, 11) is 1.47. The zero-order valence-corrected chi connectivity index (χ0v) is 11.8. The normalized spacial score (nSPS) is 13.9. The van der Waals surface area contributed by atoms with E-state index in [1.54, 1.807) is 6.07 Å². The third-order valence-electron chi connectivity index (χ3n) is 3.19. The number of ketones is 1. The molecule has 0 spiro atoms. The summed E-state index contributed by atoms with van der Waals surface area (Å²) in [6.07, 6.45) is 2.48. The van der Waals surface area contributed by atoms with Crippen LogP contribution in [0.15, 0.2) is 18.2 Å². The van der Waals surface area contributed by atoms with E-state index in [0.717, 1.165) is 19.3 Å². The minimum atomic E-state index is -0.525. The highest BCUT2D eigenvalue weighted by Gasteiger charge is 2.19. The van der Waals surface area contributed by atoms with E-state index in [0.29, 0.717) is 5.75 Å². The van der Waals surface area contributed by atoms with Crippen molar-refractivity contribution in [2.24, 2.45) is 11.7 Å². The summed E-state index contributed by atoms with van der Waals surface area (Å²) in [6.45, 7) is 3.77. The van der Waals surface area contributed by atoms with Gasteiger partial charge in [0.2, 0.25) is 0 Å². The maximum atomic E-state index is 13.8. The third-order valence-corrected chi connectivity index (χ3v) is 3.19. The van der Waals surface area contributed by atoms with Gasteiger partial charge in [0.25, 0.3) is 0 Å². The quantitative estimate of drug-likeness (QED) is 0.772. The molecular formula is C15H22FNO2. The zero-order chi connectivity index (χ0) is 14.4. The molecule has 4 heteroatoms. The molecule has 0 aliphatic heterocycles. The Kier molecular flexibility index (Phi) is 5.96. The Morgan fingerprint density at radius 3 is 2.58 bits per heavy atom. The molecule has 0 bridgehead atoms. The van der Waals surface area contributed by atoms with Crippen LogP contribution in [0.25, 0.3) is 0 Å². The van der Waals surface area contributed by atoms with Crippen molar-refractivity contribution in [3.63, 3.8) is 0 Å². The van der Waals surface area contributed by atoms with Crippen LogP contribution in [0.1, 0.15) is 43.5 Å². The lowest BCUT2D eigenvalue weighted by molar-refractivity contribution is 0.0918. The van der Waals surface area contributed by atoms with Gasteiger partial charge >= 0.3 is 0 Å². The van der Waals surface area contributed by atoms with Crippen LogP contribution in [0.2, 0.25) is 0 Å². The number of ether oxygens (including phenoxy) is 1. The number of nitrogens with two attached hydrogens (primary N) is 1. The van der Waals surface area contributed by atoms with Gasteiger partial charge in [-0.15, -0.1) is 0 Å². The zero-order valence-electron chi connectivity index (χ0n) is 11.8. The van der Waals surface area contributed by atoms with E-state index >= 15 is 0 Å². The van der Waals surface area contributed by atoms with E-state index in [1.165, 1.54) is 19.2 Å². The van der Waals surface area contributed by atoms with E-state index in [-0.39, 0.29) is 23.3 Å². The smallest absolute Gasteiger partial charge is 0.168 e. The van der Waals surface area contributed by atoms with Gasteiger partial charge in [-0.1, -0.05) is 13.3 Å². The SMILES string of the molecule is COc1ccc(C(=O)C(C)CCCC(C)N)c(F)c1. The lowest BCUT2D eigenvalue weighted by Gasteiger charge is -2.12. The molecular weight excluding hydrogens is 245 g/mol. The first-order chi connectivity index (χ1) is 8.95. The number of Topliss-reactive ketones (excluding diaryl/α,β-unsaturated/α-hetero) is 1. The Morgan fingerprint density at radius 1 is 1.37 bits per heavy atom. The Labute approximate surface area is 113 Å². The van der Waals surface area contributed by atoms with Crippen molar-refractivity contribution in [1.82, 2.24) is 0 Å². The summed E-state index contributed by atoms with van der Waals surface area (Å²) >= 11 is 0. The van der Waals surface area contributed by atoms with E-state index < -0.39 is 5.82 Å². The molecule has 1 aromatic carbocycles. The summed E-state index contributed by atoms with van der Waals surface area (Å²) in [6, 6.07) is 4.46. The molecule has 0 heterocycles. The number of halogens is 1. The molecule has 2 N–H and O–H groups in total. The molecule has 19 heavy (non-hydrogen) atoms. The second-order valence-corrected chi connectivity index (χ2v) is 5.02. The maximum absolute atomic E-state index is 13.8. The molecule has 0 aliphatic carbocycles. The van der Waals surface area contributed by atoms with Crippen LogP contribution >= 0.6 is 0 Å². The molecule has 0 saturated heterocycles. The highest BCUT2D eigenvalue weighted by atomic mass is 19.1. The lowest BCUT2D eigenvalue weighted by atomic mass is 9.93. The second kappa shape index (κ2) is 7.24. The molecule has 1 aromatic rings. The van der Waals surface area contributed by atoms with Crippen LogP contribution < -0.4 is 10.5 Å². The van der Waals surface area contributed by atoms with Crippen LogP contribution in [0.3, 0.4) is 0 Å². The van der Waals surface area contributed by atoms with Gasteiger partial charge in [-0.2, -0.15) is 0 Å². The molecule has 2 atom stereocenters. The van der Waals surface area contributed by atoms with Crippen molar-refractivity contribution < 1.29 is 13.9 Å². The molecule has 1 rings (SSSR count). The molecule has 106 valence electrons. The number of rotatable bonds is 7. The van der Waals surface area contributed by atoms with Crippen LogP contribution in [0.5, 0.6) is 5.75 Å². The Morgan fingerprint density at radius 2 is 2.05 bits per heavy atom. The monoisotopic (exact) mass is 267 g/mol. The number of benzene rings is 1. The van der Waals surface area contributed by atoms with Crippen molar-refractivity contribution in [3.05, 3.63) is 29.6 Å². The van der Waals surface area contributed by atoms with Gasteiger partial charge in [-0.3, -0.25) is 4.79 Å². The van der Waals surface area contributed by atoms with Crippen molar-refractivity contribution >= 4 is 5.78 Å². The van der Waals surface area contributed by atoms with Crippen LogP contribution in [0, 0.1) is 11.7 Å². The standard InChI is InChI=1S/C15H22FNO2/c1-10(5-4-6-11(2)17)15(18)13-8-7-12(19-3)9-14(13)16/h7-11H,4-6,17H2,1-3H3. The van der Waals surface area contributed by atoms with Gasteiger partial charge < -0.3 is 10.5 Å². The fourth-order valence-corrected chi connectivity index (χ4v) is 1.97. The minimum Gasteiger partial charge on any atom is -0.497 e. The lowest BCUT2D eigenvalue weighted by Crippen LogP contribution is -2.17. The molecule has 0 saturated carbocycles. The molecule has 3 nitrogen and oxygen atoms in total. The number of methoxy groups -OCH3 is 1. The van der Waals surface area contributed by atoms with E-state index in [2.05, 4.69) is 0 Å². The van der Waals surface area contributed by atoms with E-state index in [4.69, 9.17) is 10.5 Å². The minimum absolute atomic E-state index is 0.133. The van der Waals surface area contributed by atoms with E-state index in [9.17, 15) is 9.18 Å². The number of hydrogen-bond donors (Lipinski definition) is 1. The van der Waals surface area contributed by atoms with Gasteiger partial charge in [-0.05, 0) is 31.9 Å². The highest BCUT2D eigenvalue weighted by molar-refractivity contribution is 5.98. The Balaban J connectivity index is 2.66. The van der Waals surface area contributed by atoms with Crippen LogP contribution in [0.4, 0.5) is 4.39 Å². The summed E-state index contributed by atoms with van der Waals surface area (Å²) < 4.78 is 18.7. The third kappa shape index (κ3) is 4.63. The molecule has 0 amide bonds. The summed E-state index contributed by atoms with van der Waals surface area (Å²) in [4.78, 5) is 12.1. The number of carbonyl (C=O) groups is 1. The van der Waals surface area contributed by atoms with Gasteiger partial charge in [0, 0.05) is 18.0 Å². The molecule has 0 aromatic heterocycles. The van der Waals surface area contributed by atoms with Gasteiger partial charge in [-0.25, -0.2) is 4.39 Å². The average Bonchev–Trinajstić information content (AvgIpc) is 2.37. The molecule has 0 aliphatic rings. The van der Waals surface area contributed by atoms with Crippen molar-refractivity contribution in [2.45, 2.75) is 39.2 Å². The molecule has 2 unspecified atom stereocenters. The predicted octanol–water partition coefficient (Wildman–Crippen LogP) is 3.17. The van der Waals surface area contributed by atoms with Crippen LogP contribution in [-0.2, 0) is 0 Å². The van der Waals surface area contributed by atoms with Gasteiger partial charge in [0.05, 0.1) is 12.7 Å². The maximum Gasteiger partial charge on any atom is 0.168 e. The molecule has 0 fully saturated rings. The van der Waals surface area contributed by atoms with E-state index in [1.807, 2.05) is 13.8 Å². The summed E-state index contributed by atoms with van der Waals surface area (Å²) in [5.74, 6) is -0.464. The van der Waals surface area contributed by atoms with Crippen LogP contribution in [-0.4, -0.2) is 18.9 Å². The number of hydrogen-bond acceptors (Lipinski definition) is 3. The van der Waals surface area contributed by atoms with Crippen molar-refractivity contribution in [2.75, 3.05) is 7.11 Å². The Bertz CT molecular complexity index is 432. The van der Waals surface area contributed by atoms with Gasteiger partial charge in [0.1, 0.15) is 11.6 Å². The largest absolute Gasteiger partial charge is 0.497 e. The first kappa shape index (κ1) is 15.6. The average molecular weight is 267 g/mol. The Hall–Kier alpha value is -1.42. The fraction of sp³-hybridized carbons (Fsp3) is 0.533. The summed E-state index contributed by atoms with van der Waals surface area (Å²) in [5.41, 5.74) is 5.80. The van der Waals surface area contributed by atoms with Crippen molar-refractivity contribution in [3.8, 4) is 5.75 Å². The topological polar surface area (TPSA) is 52.3 Å². The summed E-state index contributed by atoms with van der Waals surface area (Å²) in [5, 5.41) is 0. The number of carbonyl (C=O) groups excluding carboxylic acids is 1. The molecule has 0 radical (unpaired) electrons. The first-order valence-corrected chi connectivity index (χ1v) is 6.59. The fourth-order valence-electron chi connectivity index (χ4n) is 1.97. The predicted molar refractivity (Wildman–Crippen MR) is 73.9 cm³/mol. The van der Waals surface area contributed by atoms with Crippen molar-refractivity contribution in [1.29, 1.82) is 0 Å². The first-order valence-electron chi connectivity index (χ1n) is 6.59. The van der Waals surface area contributed by atoms with Gasteiger partial charge in [0.15, 0.2) is 5.78 Å². The highest BCUT2D eigenvalue weighted by Crippen LogP contribution is 2.21. The second-order valence-electron chi connectivity index (χ2n) is 5.02.